The van der Waals surface area contributed by atoms with Crippen LogP contribution in [0.4, 0.5) is 5.69 Å². The summed E-state index contributed by atoms with van der Waals surface area (Å²) in [6.07, 6.45) is 1.03. The number of carbonyl (C=O) groups is 5. The summed E-state index contributed by atoms with van der Waals surface area (Å²) in [5.41, 5.74) is 5.70. The minimum Gasteiger partial charge on any atom is -0.480 e. The monoisotopic (exact) mass is 756 g/mol. The van der Waals surface area contributed by atoms with E-state index in [0.29, 0.717) is 28.3 Å². The highest BCUT2D eigenvalue weighted by molar-refractivity contribution is 7.99. The second-order valence-electron chi connectivity index (χ2n) is 11.8. The first kappa shape index (κ1) is 38.1. The Balaban J connectivity index is 1.37. The van der Waals surface area contributed by atoms with E-state index in [2.05, 4.69) is 36.2 Å². The van der Waals surface area contributed by atoms with E-state index in [0.717, 1.165) is 27.2 Å². The van der Waals surface area contributed by atoms with Gasteiger partial charge in [0.25, 0.3) is 5.91 Å². The normalized spacial score (nSPS) is 16.6. The second kappa shape index (κ2) is 16.5. The van der Waals surface area contributed by atoms with Gasteiger partial charge in [0.1, 0.15) is 23.5 Å². The number of β-amino-alcohol motifs (C(OH)–C–C–N with tert-alkyl or cyclic N) is 1. The summed E-state index contributed by atoms with van der Waals surface area (Å²) in [6, 6.07) is 4.60. The standard InChI is InChI=1S/C32H36N8O10S2/c1-3-49-12-15-10-35-31(51-13-19(27(44)34-11-23(42)43)37-21(41)8-5-17(33)30(46)47)39-29(15)50-22-9-4-16-18(38-22)6-7-20-24(16)25-26(52-20)28(45)40-32(2,48)14-36-25/h4,6-7,9-10,17,19,36,48H,3,5,8,11-14,33H2,1-2H3,(H,34,44)(H,37,41)(H,40,45)(H,42,43)(H,46,47)/t17-,19-,32-/m0/s1. The third-order valence-electron chi connectivity index (χ3n) is 7.60. The third-order valence-corrected chi connectivity index (χ3v) is 9.71. The molecule has 9 N–H and O–H groups in total. The van der Waals surface area contributed by atoms with Gasteiger partial charge in [0.2, 0.25) is 23.6 Å². The topological polar surface area (TPSA) is 277 Å². The highest BCUT2D eigenvalue weighted by Crippen LogP contribution is 2.41. The molecule has 3 amide bonds. The van der Waals surface area contributed by atoms with E-state index in [9.17, 15) is 29.1 Å². The molecule has 0 saturated heterocycles. The molecule has 3 atom stereocenters. The molecule has 18 nitrogen and oxygen atoms in total. The van der Waals surface area contributed by atoms with Crippen LogP contribution in [-0.4, -0.2) is 103 Å². The fourth-order valence-corrected chi connectivity index (χ4v) is 6.94. The van der Waals surface area contributed by atoms with Crippen molar-refractivity contribution in [1.29, 1.82) is 0 Å². The minimum absolute atomic E-state index is 0.0981. The molecule has 0 aliphatic carbocycles. The zero-order valence-electron chi connectivity index (χ0n) is 27.9. The first-order valence-electron chi connectivity index (χ1n) is 15.9. The second-order valence-corrected chi connectivity index (χ2v) is 13.8. The molecular formula is C32H36N8O10S2. The average Bonchev–Trinajstić information content (AvgIpc) is 3.44. The van der Waals surface area contributed by atoms with Crippen molar-refractivity contribution in [2.45, 2.75) is 56.3 Å². The lowest BCUT2D eigenvalue weighted by atomic mass is 10.1. The quantitative estimate of drug-likeness (QED) is 0.0593. The number of anilines is 1. The van der Waals surface area contributed by atoms with Gasteiger partial charge in [-0.15, -0.1) is 11.3 Å². The third kappa shape index (κ3) is 9.39. The molecular weight excluding hydrogens is 721 g/mol. The number of hydrogen-bond donors (Lipinski definition) is 8. The first-order chi connectivity index (χ1) is 24.7. The number of carboxylic acids is 2. The molecule has 0 saturated carbocycles. The van der Waals surface area contributed by atoms with Crippen LogP contribution in [0.1, 0.15) is 41.9 Å². The number of hydrogen-bond acceptors (Lipinski definition) is 15. The Bertz CT molecular complexity index is 2020. The lowest BCUT2D eigenvalue weighted by molar-refractivity contribution is -0.139. The Kier molecular flexibility index (Phi) is 12.1. The van der Waals surface area contributed by atoms with Crippen LogP contribution in [-0.2, 0) is 30.5 Å². The Labute approximate surface area is 303 Å². The van der Waals surface area contributed by atoms with E-state index in [4.69, 9.17) is 25.4 Å². The predicted octanol–water partition coefficient (Wildman–Crippen LogP) is 1.40. The lowest BCUT2D eigenvalue weighted by Crippen LogP contribution is -2.49. The molecule has 4 aromatic rings. The molecule has 5 rings (SSSR count). The van der Waals surface area contributed by atoms with Crippen molar-refractivity contribution in [3.8, 4) is 11.8 Å². The van der Waals surface area contributed by atoms with Gasteiger partial charge in [-0.1, -0.05) is 11.8 Å². The van der Waals surface area contributed by atoms with Crippen molar-refractivity contribution in [2.24, 2.45) is 5.73 Å². The molecule has 0 fully saturated rings. The number of ether oxygens (including phenoxy) is 2. The van der Waals surface area contributed by atoms with Crippen LogP contribution in [0.5, 0.6) is 11.8 Å². The van der Waals surface area contributed by atoms with Crippen molar-refractivity contribution in [1.82, 2.24) is 30.9 Å². The van der Waals surface area contributed by atoms with Crippen molar-refractivity contribution in [3.63, 3.8) is 0 Å². The van der Waals surface area contributed by atoms with E-state index in [1.165, 1.54) is 24.5 Å². The lowest BCUT2D eigenvalue weighted by Gasteiger charge is -2.22. The largest absolute Gasteiger partial charge is 0.480 e. The van der Waals surface area contributed by atoms with Crippen molar-refractivity contribution < 1.29 is 48.8 Å². The summed E-state index contributed by atoms with van der Waals surface area (Å²) < 4.78 is 12.6. The summed E-state index contributed by atoms with van der Waals surface area (Å²) in [4.78, 5) is 74.2. The number of nitrogens with two attached hydrogens (primary N) is 1. The number of pyridine rings is 1. The predicted molar refractivity (Wildman–Crippen MR) is 189 cm³/mol. The van der Waals surface area contributed by atoms with E-state index >= 15 is 0 Å². The van der Waals surface area contributed by atoms with Gasteiger partial charge in [-0.25, -0.2) is 9.97 Å². The van der Waals surface area contributed by atoms with E-state index in [-0.39, 0.29) is 54.6 Å². The van der Waals surface area contributed by atoms with Crippen LogP contribution >= 0.6 is 23.1 Å². The SMILES string of the molecule is CCOCc1cnc(SC[C@H](NC(=O)CC[C@H](N)C(=O)O)C(=O)NCC(=O)O)nc1Oc1ccc2c(ccc3sc4c(c32)NC[C@](C)(O)NC4=O)n1. The van der Waals surface area contributed by atoms with Crippen molar-refractivity contribution in [3.05, 3.63) is 40.9 Å². The van der Waals surface area contributed by atoms with Gasteiger partial charge in [0.05, 0.1) is 29.9 Å². The van der Waals surface area contributed by atoms with Crippen LogP contribution in [0, 0.1) is 0 Å². The summed E-state index contributed by atoms with van der Waals surface area (Å²) in [7, 11) is 0. The molecule has 1 aliphatic rings. The minimum atomic E-state index is -1.43. The molecule has 1 aliphatic heterocycles. The molecule has 4 heterocycles. The first-order valence-corrected chi connectivity index (χ1v) is 17.7. The number of benzene rings is 1. The van der Waals surface area contributed by atoms with E-state index in [1.54, 1.807) is 18.2 Å². The molecule has 1 aromatic carbocycles. The number of carboxylic acid groups (broad SMARTS) is 2. The molecule has 52 heavy (non-hydrogen) atoms. The Hall–Kier alpha value is -5.15. The van der Waals surface area contributed by atoms with Gasteiger partial charge in [-0.2, -0.15) is 4.98 Å². The summed E-state index contributed by atoms with van der Waals surface area (Å²) in [5, 5.41) is 40.7. The number of amides is 3. The number of fused-ring (bicyclic) bond motifs is 5. The van der Waals surface area contributed by atoms with Crippen LogP contribution in [0.3, 0.4) is 0 Å². The number of rotatable bonds is 16. The Morgan fingerprint density at radius 3 is 2.69 bits per heavy atom. The van der Waals surface area contributed by atoms with E-state index < -0.39 is 48.1 Å². The fraction of sp³-hybridized carbons (Fsp3) is 0.375. The number of aromatic nitrogens is 3. The average molecular weight is 757 g/mol. The van der Waals surface area contributed by atoms with Gasteiger partial charge >= 0.3 is 11.9 Å². The van der Waals surface area contributed by atoms with Gasteiger partial charge in [-0.05, 0) is 38.5 Å². The molecule has 3 aromatic heterocycles. The van der Waals surface area contributed by atoms with Crippen molar-refractivity contribution in [2.75, 3.05) is 30.8 Å². The number of aliphatic hydroxyl groups is 1. The zero-order valence-corrected chi connectivity index (χ0v) is 29.6. The molecule has 20 heteroatoms. The van der Waals surface area contributed by atoms with Gasteiger partial charge < -0.3 is 51.8 Å². The Morgan fingerprint density at radius 1 is 1.17 bits per heavy atom. The highest BCUT2D eigenvalue weighted by Gasteiger charge is 2.32. The highest BCUT2D eigenvalue weighted by atomic mass is 32.2. The number of thioether (sulfide) groups is 1. The summed E-state index contributed by atoms with van der Waals surface area (Å²) in [6.45, 7) is 3.25. The van der Waals surface area contributed by atoms with Gasteiger partial charge in [-0.3, -0.25) is 24.0 Å². The van der Waals surface area contributed by atoms with Crippen LogP contribution in [0.15, 0.2) is 35.6 Å². The summed E-state index contributed by atoms with van der Waals surface area (Å²) >= 11 is 2.27. The molecule has 0 bridgehead atoms. The Morgan fingerprint density at radius 2 is 1.96 bits per heavy atom. The molecule has 0 unspecified atom stereocenters. The molecule has 276 valence electrons. The van der Waals surface area contributed by atoms with Gasteiger partial charge in [0.15, 0.2) is 10.9 Å². The number of aliphatic carboxylic acids is 2. The number of nitrogens with zero attached hydrogens (tertiary/aromatic N) is 3. The maximum Gasteiger partial charge on any atom is 0.322 e. The van der Waals surface area contributed by atoms with Crippen LogP contribution in [0.2, 0.25) is 0 Å². The number of thiophene rings is 1. The fourth-order valence-electron chi connectivity index (χ4n) is 5.02. The number of nitrogens with one attached hydrogen (secondary N) is 4. The van der Waals surface area contributed by atoms with Gasteiger partial charge in [0, 0.05) is 46.5 Å². The number of carbonyl (C=O) groups excluding carboxylic acids is 3. The molecule has 0 radical (unpaired) electrons. The maximum atomic E-state index is 12.9. The maximum absolute atomic E-state index is 12.9. The van der Waals surface area contributed by atoms with Crippen LogP contribution in [0.25, 0.3) is 21.0 Å². The van der Waals surface area contributed by atoms with E-state index in [1.807, 2.05) is 13.0 Å². The molecule has 0 spiro atoms. The van der Waals surface area contributed by atoms with Crippen LogP contribution < -0.4 is 31.7 Å². The van der Waals surface area contributed by atoms with Crippen molar-refractivity contribution >= 4 is 79.4 Å². The zero-order chi connectivity index (χ0) is 37.6. The summed E-state index contributed by atoms with van der Waals surface area (Å²) in [5.74, 6) is -4.22. The smallest absolute Gasteiger partial charge is 0.322 e.